The molecule has 1 aliphatic rings. The Morgan fingerprint density at radius 2 is 1.73 bits per heavy atom. The number of carbonyl (C=O) groups excluding carboxylic acids is 3. The summed E-state index contributed by atoms with van der Waals surface area (Å²) in [6.45, 7) is 3.88. The van der Waals surface area contributed by atoms with Gasteiger partial charge < -0.3 is 25.6 Å². The zero-order chi connectivity index (χ0) is 18.2. The number of nitrogens with one attached hydrogen (secondary N) is 1. The lowest BCUT2D eigenvalue weighted by Crippen LogP contribution is -2.52. The number of amides is 3. The highest BCUT2D eigenvalue weighted by atomic mass is 35.5. The molecule has 1 heterocycles. The molecule has 1 aliphatic heterocycles. The molecule has 8 nitrogen and oxygen atoms in total. The average molecular weight is 385 g/mol. The minimum Gasteiger partial charge on any atom is -0.493 e. The summed E-state index contributed by atoms with van der Waals surface area (Å²) < 4.78 is 5.51. The molecule has 0 radical (unpaired) electrons. The van der Waals surface area contributed by atoms with Crippen LogP contribution in [0.3, 0.4) is 0 Å². The Morgan fingerprint density at radius 1 is 1.12 bits per heavy atom. The van der Waals surface area contributed by atoms with E-state index in [1.807, 2.05) is 13.0 Å². The third kappa shape index (κ3) is 5.60. The number of piperazine rings is 1. The molecule has 0 atom stereocenters. The highest BCUT2D eigenvalue weighted by molar-refractivity contribution is 5.97. The van der Waals surface area contributed by atoms with E-state index < -0.39 is 0 Å². The molecule has 0 unspecified atom stereocenters. The minimum atomic E-state index is -0.366. The maximum Gasteiger partial charge on any atom is 0.257 e. The first-order valence-corrected chi connectivity index (χ1v) is 8.32. The van der Waals surface area contributed by atoms with E-state index in [-0.39, 0.29) is 43.2 Å². The molecule has 3 N–H and O–H groups in total. The quantitative estimate of drug-likeness (QED) is 0.710. The van der Waals surface area contributed by atoms with Crippen LogP contribution in [-0.4, -0.2) is 73.4 Å². The van der Waals surface area contributed by atoms with Crippen LogP contribution in [0, 0.1) is 0 Å². The zero-order valence-electron chi connectivity index (χ0n) is 14.8. The number of halogens is 1. The van der Waals surface area contributed by atoms with E-state index >= 15 is 0 Å². The molecule has 1 aromatic carbocycles. The van der Waals surface area contributed by atoms with Gasteiger partial charge in [0, 0.05) is 26.2 Å². The van der Waals surface area contributed by atoms with Gasteiger partial charge in [0.25, 0.3) is 5.91 Å². The first kappa shape index (κ1) is 21.7. The van der Waals surface area contributed by atoms with Crippen LogP contribution in [0.15, 0.2) is 24.3 Å². The summed E-state index contributed by atoms with van der Waals surface area (Å²) in [6, 6.07) is 7.15. The molecule has 1 aromatic rings. The summed E-state index contributed by atoms with van der Waals surface area (Å²) >= 11 is 0. The Bertz CT molecular complexity index is 633. The van der Waals surface area contributed by atoms with Crippen molar-refractivity contribution in [2.75, 3.05) is 45.9 Å². The fourth-order valence-electron chi connectivity index (χ4n) is 2.61. The minimum absolute atomic E-state index is 0. The van der Waals surface area contributed by atoms with Gasteiger partial charge in [-0.2, -0.15) is 0 Å². The van der Waals surface area contributed by atoms with Crippen LogP contribution in [0.4, 0.5) is 0 Å². The molecular weight excluding hydrogens is 360 g/mol. The first-order chi connectivity index (χ1) is 12.1. The number of nitrogens with two attached hydrogens (primary N) is 1. The van der Waals surface area contributed by atoms with E-state index in [4.69, 9.17) is 10.5 Å². The number of hydrogen-bond acceptors (Lipinski definition) is 5. The molecule has 0 aliphatic carbocycles. The number of carbonyl (C=O) groups is 3. The standard InChI is InChI=1S/C17H24N4O4.ClH/c1-2-25-14-6-4-3-5-13(14)17(24)21-9-7-20(8-10-21)16(23)12-19-15(22)11-18;/h3-6H,2,7-12,18H2,1H3,(H,19,22);1H. The van der Waals surface area contributed by atoms with Crippen molar-refractivity contribution in [2.45, 2.75) is 6.92 Å². The lowest BCUT2D eigenvalue weighted by Gasteiger charge is -2.35. The molecule has 3 amide bonds. The third-order valence-corrected chi connectivity index (χ3v) is 3.96. The Balaban J connectivity index is 0.00000338. The third-order valence-electron chi connectivity index (χ3n) is 3.96. The fourth-order valence-corrected chi connectivity index (χ4v) is 2.61. The van der Waals surface area contributed by atoms with E-state index in [0.717, 1.165) is 0 Å². The molecule has 9 heteroatoms. The van der Waals surface area contributed by atoms with Gasteiger partial charge in [-0.25, -0.2) is 0 Å². The molecule has 26 heavy (non-hydrogen) atoms. The molecule has 0 spiro atoms. The molecule has 144 valence electrons. The van der Waals surface area contributed by atoms with E-state index in [9.17, 15) is 14.4 Å². The zero-order valence-corrected chi connectivity index (χ0v) is 15.6. The number of nitrogens with zero attached hydrogens (tertiary/aromatic N) is 2. The molecule has 2 rings (SSSR count). The molecular formula is C17H25ClN4O4. The van der Waals surface area contributed by atoms with Crippen molar-refractivity contribution in [2.24, 2.45) is 5.73 Å². The summed E-state index contributed by atoms with van der Waals surface area (Å²) in [5.41, 5.74) is 5.71. The van der Waals surface area contributed by atoms with Crippen molar-refractivity contribution in [3.8, 4) is 5.75 Å². The normalized spacial score (nSPS) is 13.6. The van der Waals surface area contributed by atoms with Crippen molar-refractivity contribution in [3.63, 3.8) is 0 Å². The molecule has 1 saturated heterocycles. The summed E-state index contributed by atoms with van der Waals surface area (Å²) in [4.78, 5) is 39.2. The molecule has 0 saturated carbocycles. The summed E-state index contributed by atoms with van der Waals surface area (Å²) in [5.74, 6) is -0.0797. The van der Waals surface area contributed by atoms with Crippen LogP contribution >= 0.6 is 12.4 Å². The number of para-hydroxylation sites is 1. The Morgan fingerprint density at radius 3 is 2.35 bits per heavy atom. The lowest BCUT2D eigenvalue weighted by atomic mass is 10.1. The van der Waals surface area contributed by atoms with Crippen LogP contribution < -0.4 is 15.8 Å². The van der Waals surface area contributed by atoms with E-state index in [1.165, 1.54) is 0 Å². The largest absolute Gasteiger partial charge is 0.493 e. The van der Waals surface area contributed by atoms with Crippen LogP contribution in [0.1, 0.15) is 17.3 Å². The van der Waals surface area contributed by atoms with Gasteiger partial charge in [-0.3, -0.25) is 14.4 Å². The monoisotopic (exact) mass is 384 g/mol. The highest BCUT2D eigenvalue weighted by Crippen LogP contribution is 2.20. The number of rotatable bonds is 6. The fraction of sp³-hybridized carbons (Fsp3) is 0.471. The van der Waals surface area contributed by atoms with Gasteiger partial charge in [-0.05, 0) is 19.1 Å². The smallest absolute Gasteiger partial charge is 0.257 e. The summed E-state index contributed by atoms with van der Waals surface area (Å²) in [5, 5.41) is 2.46. The average Bonchev–Trinajstić information content (AvgIpc) is 2.66. The topological polar surface area (TPSA) is 105 Å². The van der Waals surface area contributed by atoms with Crippen molar-refractivity contribution in [1.82, 2.24) is 15.1 Å². The van der Waals surface area contributed by atoms with Gasteiger partial charge >= 0.3 is 0 Å². The predicted molar refractivity (Wildman–Crippen MR) is 99.4 cm³/mol. The predicted octanol–water partition coefficient (Wildman–Crippen LogP) is -0.134. The second-order valence-electron chi connectivity index (χ2n) is 5.58. The van der Waals surface area contributed by atoms with E-state index in [0.29, 0.717) is 44.1 Å². The van der Waals surface area contributed by atoms with Crippen molar-refractivity contribution < 1.29 is 19.1 Å². The van der Waals surface area contributed by atoms with Crippen LogP contribution in [0.25, 0.3) is 0 Å². The second-order valence-corrected chi connectivity index (χ2v) is 5.58. The maximum atomic E-state index is 12.7. The number of benzene rings is 1. The van der Waals surface area contributed by atoms with Crippen molar-refractivity contribution >= 4 is 30.1 Å². The lowest BCUT2D eigenvalue weighted by molar-refractivity contribution is -0.133. The van der Waals surface area contributed by atoms with Crippen molar-refractivity contribution in [1.29, 1.82) is 0 Å². The van der Waals surface area contributed by atoms with Crippen LogP contribution in [-0.2, 0) is 9.59 Å². The molecule has 0 aromatic heterocycles. The molecule has 0 bridgehead atoms. The number of hydrogen-bond donors (Lipinski definition) is 2. The van der Waals surface area contributed by atoms with Gasteiger partial charge in [-0.1, -0.05) is 12.1 Å². The van der Waals surface area contributed by atoms with Gasteiger partial charge in [0.1, 0.15) is 5.75 Å². The Labute approximate surface area is 159 Å². The summed E-state index contributed by atoms with van der Waals surface area (Å²) in [6.07, 6.45) is 0. The first-order valence-electron chi connectivity index (χ1n) is 8.32. The van der Waals surface area contributed by atoms with Gasteiger partial charge in [0.05, 0.1) is 25.3 Å². The van der Waals surface area contributed by atoms with Crippen LogP contribution in [0.5, 0.6) is 5.75 Å². The molecule has 1 fully saturated rings. The second kappa shape index (κ2) is 10.6. The van der Waals surface area contributed by atoms with E-state index in [2.05, 4.69) is 5.32 Å². The van der Waals surface area contributed by atoms with E-state index in [1.54, 1.807) is 28.0 Å². The van der Waals surface area contributed by atoms with Gasteiger partial charge in [0.15, 0.2) is 0 Å². The Hall–Kier alpha value is -2.32. The highest BCUT2D eigenvalue weighted by Gasteiger charge is 2.26. The summed E-state index contributed by atoms with van der Waals surface area (Å²) in [7, 11) is 0. The van der Waals surface area contributed by atoms with Gasteiger partial charge in [-0.15, -0.1) is 12.4 Å². The van der Waals surface area contributed by atoms with Crippen LogP contribution in [0.2, 0.25) is 0 Å². The van der Waals surface area contributed by atoms with Gasteiger partial charge in [0.2, 0.25) is 11.8 Å². The SMILES string of the molecule is CCOc1ccccc1C(=O)N1CCN(C(=O)CNC(=O)CN)CC1.Cl. The maximum absolute atomic E-state index is 12.7. The number of ether oxygens (including phenoxy) is 1. The van der Waals surface area contributed by atoms with Crippen molar-refractivity contribution in [3.05, 3.63) is 29.8 Å². The Kier molecular flexibility index (Phi) is 8.87.